The van der Waals surface area contributed by atoms with Gasteiger partial charge in [-0.2, -0.15) is 0 Å². The molecule has 0 saturated heterocycles. The van der Waals surface area contributed by atoms with Crippen LogP contribution < -0.4 is 0 Å². The Morgan fingerprint density at radius 1 is 1.71 bits per heavy atom. The lowest BCUT2D eigenvalue weighted by atomic mass is 10.3. The van der Waals surface area contributed by atoms with Gasteiger partial charge >= 0.3 is 0 Å². The smallest absolute Gasteiger partial charge is 0.0740 e. The van der Waals surface area contributed by atoms with Crippen molar-refractivity contribution in [3.05, 3.63) is 12.2 Å². The molecule has 0 aliphatic carbocycles. The van der Waals surface area contributed by atoms with Gasteiger partial charge in [-0.05, 0) is 12.2 Å². The van der Waals surface area contributed by atoms with Crippen LogP contribution in [0.3, 0.4) is 0 Å². The van der Waals surface area contributed by atoms with E-state index in [1.807, 2.05) is 12.2 Å². The van der Waals surface area contributed by atoms with Crippen LogP contribution in [0.5, 0.6) is 0 Å². The van der Waals surface area contributed by atoms with Crippen LogP contribution in [0.15, 0.2) is 17.1 Å². The zero-order valence-electron chi connectivity index (χ0n) is 3.79. The van der Waals surface area contributed by atoms with E-state index in [4.69, 9.17) is 12.2 Å². The third-order valence-corrected chi connectivity index (χ3v) is 0.986. The molecule has 1 rings (SSSR count). The summed E-state index contributed by atoms with van der Waals surface area (Å²) >= 11 is 4.81. The van der Waals surface area contributed by atoms with Gasteiger partial charge in [-0.1, -0.05) is 12.2 Å². The van der Waals surface area contributed by atoms with Crippen LogP contribution in [-0.4, -0.2) is 17.6 Å². The minimum atomic E-state index is 0.700. The van der Waals surface area contributed by atoms with Crippen molar-refractivity contribution >= 4 is 23.3 Å². The van der Waals surface area contributed by atoms with Gasteiger partial charge in [-0.3, -0.25) is 4.99 Å². The topological polar surface area (TPSA) is 12.4 Å². The summed E-state index contributed by atoms with van der Waals surface area (Å²) in [5.74, 6) is 0. The fourth-order valence-corrected chi connectivity index (χ4v) is 0.560. The van der Waals surface area contributed by atoms with Crippen LogP contribution in [0.25, 0.3) is 0 Å². The summed E-state index contributed by atoms with van der Waals surface area (Å²) in [4.78, 5) is 4.82. The second kappa shape index (κ2) is 1.98. The van der Waals surface area contributed by atoms with Crippen molar-refractivity contribution in [2.45, 2.75) is 0 Å². The summed E-state index contributed by atoms with van der Waals surface area (Å²) in [5, 5.41) is 0. The molecule has 0 saturated carbocycles. The van der Waals surface area contributed by atoms with Gasteiger partial charge in [-0.15, -0.1) is 0 Å². The van der Waals surface area contributed by atoms with Gasteiger partial charge < -0.3 is 0 Å². The number of allylic oxidation sites excluding steroid dienone is 1. The van der Waals surface area contributed by atoms with E-state index in [0.717, 1.165) is 4.86 Å². The summed E-state index contributed by atoms with van der Waals surface area (Å²) in [6.45, 7) is 0.700. The van der Waals surface area contributed by atoms with Crippen molar-refractivity contribution < 1.29 is 0 Å². The molecule has 0 aromatic carbocycles. The maximum Gasteiger partial charge on any atom is 0.0740 e. The highest BCUT2D eigenvalue weighted by atomic mass is 32.1. The molecule has 0 atom stereocenters. The summed E-state index contributed by atoms with van der Waals surface area (Å²) in [6.07, 6.45) is 5.50. The fraction of sp³-hybridized carbons (Fsp3) is 0.200. The third-order valence-electron chi connectivity index (χ3n) is 0.721. The largest absolute Gasteiger partial charge is 0.288 e. The maximum atomic E-state index is 4.81. The molecule has 0 unspecified atom stereocenters. The molecule has 0 fully saturated rings. The molecule has 0 bridgehead atoms. The molecule has 0 N–H and O–H groups in total. The lowest BCUT2D eigenvalue weighted by Crippen LogP contribution is -1.97. The van der Waals surface area contributed by atoms with E-state index in [2.05, 4.69) is 4.99 Å². The third kappa shape index (κ3) is 1.20. The Morgan fingerprint density at radius 3 is 2.86 bits per heavy atom. The normalized spacial score (nSPS) is 18.0. The van der Waals surface area contributed by atoms with E-state index in [9.17, 15) is 0 Å². The van der Waals surface area contributed by atoms with Crippen LogP contribution in [0.4, 0.5) is 0 Å². The number of thiocarbonyl (C=S) groups is 1. The molecule has 0 radical (unpaired) electrons. The number of rotatable bonds is 0. The molecular formula is C5H5NS. The maximum absolute atomic E-state index is 4.81. The lowest BCUT2D eigenvalue weighted by Gasteiger charge is -1.92. The SMILES string of the molecule is S=C1C=CC=NC1. The molecule has 1 nitrogen and oxygen atoms in total. The lowest BCUT2D eigenvalue weighted by molar-refractivity contribution is 1.33. The zero-order valence-corrected chi connectivity index (χ0v) is 4.61. The van der Waals surface area contributed by atoms with E-state index in [0.29, 0.717) is 6.54 Å². The average molecular weight is 111 g/mol. The van der Waals surface area contributed by atoms with Gasteiger partial charge in [-0.25, -0.2) is 0 Å². The Morgan fingerprint density at radius 2 is 2.57 bits per heavy atom. The molecule has 1 aliphatic heterocycles. The summed E-state index contributed by atoms with van der Waals surface area (Å²) < 4.78 is 0. The van der Waals surface area contributed by atoms with Gasteiger partial charge in [0.2, 0.25) is 0 Å². The molecule has 0 spiro atoms. The predicted octanol–water partition coefficient (Wildman–Crippen LogP) is 0.997. The zero-order chi connectivity index (χ0) is 5.11. The van der Waals surface area contributed by atoms with Crippen LogP contribution in [-0.2, 0) is 0 Å². The first-order chi connectivity index (χ1) is 3.39. The molecule has 1 aliphatic rings. The highest BCUT2D eigenvalue weighted by Gasteiger charge is 1.88. The van der Waals surface area contributed by atoms with Gasteiger partial charge in [0, 0.05) is 11.1 Å². The van der Waals surface area contributed by atoms with Crippen molar-refractivity contribution in [1.82, 2.24) is 0 Å². The van der Waals surface area contributed by atoms with Crippen LogP contribution in [0, 0.1) is 0 Å². The Kier molecular flexibility index (Phi) is 1.32. The van der Waals surface area contributed by atoms with Crippen molar-refractivity contribution in [3.8, 4) is 0 Å². The van der Waals surface area contributed by atoms with Crippen molar-refractivity contribution in [2.75, 3.05) is 6.54 Å². The second-order valence-corrected chi connectivity index (χ2v) is 1.84. The molecule has 2 heteroatoms. The molecule has 1 heterocycles. The second-order valence-electron chi connectivity index (χ2n) is 1.32. The highest BCUT2D eigenvalue weighted by Crippen LogP contribution is 1.86. The Bertz CT molecular complexity index is 135. The minimum Gasteiger partial charge on any atom is -0.288 e. The highest BCUT2D eigenvalue weighted by molar-refractivity contribution is 7.80. The van der Waals surface area contributed by atoms with E-state index in [1.54, 1.807) is 6.21 Å². The van der Waals surface area contributed by atoms with E-state index >= 15 is 0 Å². The first-order valence-electron chi connectivity index (χ1n) is 2.09. The molecular weight excluding hydrogens is 106 g/mol. The molecule has 0 aromatic rings. The minimum absolute atomic E-state index is 0.700. The Hall–Kier alpha value is -0.500. The fourth-order valence-electron chi connectivity index (χ4n) is 0.407. The van der Waals surface area contributed by atoms with Gasteiger partial charge in [0.15, 0.2) is 0 Å². The number of hydrogen-bond acceptors (Lipinski definition) is 2. The quantitative estimate of drug-likeness (QED) is 0.425. The van der Waals surface area contributed by atoms with Gasteiger partial charge in [0.1, 0.15) is 0 Å². The van der Waals surface area contributed by atoms with Gasteiger partial charge in [0.25, 0.3) is 0 Å². The standard InChI is InChI=1S/C5H5NS/c7-5-2-1-3-6-4-5/h1-3H,4H2. The molecule has 36 valence electrons. The van der Waals surface area contributed by atoms with Crippen molar-refractivity contribution in [3.63, 3.8) is 0 Å². The first-order valence-corrected chi connectivity index (χ1v) is 2.50. The Labute approximate surface area is 47.8 Å². The van der Waals surface area contributed by atoms with Crippen LogP contribution in [0.1, 0.15) is 0 Å². The summed E-state index contributed by atoms with van der Waals surface area (Å²) in [7, 11) is 0. The summed E-state index contributed by atoms with van der Waals surface area (Å²) in [5.41, 5.74) is 0. The van der Waals surface area contributed by atoms with E-state index in [-0.39, 0.29) is 0 Å². The molecule has 7 heavy (non-hydrogen) atoms. The molecule has 0 amide bonds. The van der Waals surface area contributed by atoms with Gasteiger partial charge in [0.05, 0.1) is 6.54 Å². The number of nitrogens with zero attached hydrogens (tertiary/aromatic N) is 1. The average Bonchev–Trinajstić information content (AvgIpc) is 1.69. The monoisotopic (exact) mass is 111 g/mol. The van der Waals surface area contributed by atoms with E-state index in [1.165, 1.54) is 0 Å². The van der Waals surface area contributed by atoms with Crippen LogP contribution >= 0.6 is 12.2 Å². The molecule has 0 aromatic heterocycles. The Balaban J connectivity index is 2.66. The summed E-state index contributed by atoms with van der Waals surface area (Å²) in [6, 6.07) is 0. The first kappa shape index (κ1) is 4.65. The van der Waals surface area contributed by atoms with Crippen molar-refractivity contribution in [2.24, 2.45) is 4.99 Å². The van der Waals surface area contributed by atoms with E-state index < -0.39 is 0 Å². The van der Waals surface area contributed by atoms with Crippen LogP contribution in [0.2, 0.25) is 0 Å². The number of hydrogen-bond donors (Lipinski definition) is 0. The number of aliphatic imine (C=N–C) groups is 1. The number of dihydropyridines is 1. The predicted molar refractivity (Wildman–Crippen MR) is 35.1 cm³/mol. The van der Waals surface area contributed by atoms with Crippen molar-refractivity contribution in [1.29, 1.82) is 0 Å².